The van der Waals surface area contributed by atoms with Crippen molar-refractivity contribution in [2.45, 2.75) is 6.42 Å². The highest BCUT2D eigenvalue weighted by Crippen LogP contribution is 2.05. The smallest absolute Gasteiger partial charge is 0.209 e. The number of primary sulfonamides is 1. The SMILES string of the molecule is NS(=O)(=O)CCCNc1ccc(Cl)nn1. The molecule has 0 bridgehead atoms. The summed E-state index contributed by atoms with van der Waals surface area (Å²) in [5.74, 6) is 0.495. The molecule has 84 valence electrons. The van der Waals surface area contributed by atoms with Gasteiger partial charge in [-0.05, 0) is 18.6 Å². The van der Waals surface area contributed by atoms with E-state index in [9.17, 15) is 8.42 Å². The van der Waals surface area contributed by atoms with Gasteiger partial charge in [0.1, 0.15) is 5.82 Å². The van der Waals surface area contributed by atoms with Gasteiger partial charge in [0.15, 0.2) is 5.15 Å². The van der Waals surface area contributed by atoms with Crippen LogP contribution >= 0.6 is 11.6 Å². The lowest BCUT2D eigenvalue weighted by molar-refractivity contribution is 0.595. The van der Waals surface area contributed by atoms with Crippen LogP contribution in [0.15, 0.2) is 12.1 Å². The zero-order valence-corrected chi connectivity index (χ0v) is 9.42. The second-order valence-corrected chi connectivity index (χ2v) is 5.01. The number of halogens is 1. The molecular formula is C7H11ClN4O2S. The molecule has 0 saturated carbocycles. The highest BCUT2D eigenvalue weighted by molar-refractivity contribution is 7.89. The van der Waals surface area contributed by atoms with E-state index in [4.69, 9.17) is 16.7 Å². The Hall–Kier alpha value is -0.920. The van der Waals surface area contributed by atoms with Crippen molar-refractivity contribution in [1.82, 2.24) is 10.2 Å². The summed E-state index contributed by atoms with van der Waals surface area (Å²) in [4.78, 5) is 0. The molecule has 0 spiro atoms. The van der Waals surface area contributed by atoms with Gasteiger partial charge in [0.2, 0.25) is 10.0 Å². The number of nitrogens with zero attached hydrogens (tertiary/aromatic N) is 2. The summed E-state index contributed by atoms with van der Waals surface area (Å²) in [6.07, 6.45) is 0.420. The van der Waals surface area contributed by atoms with Crippen LogP contribution in [0.25, 0.3) is 0 Å². The van der Waals surface area contributed by atoms with Crippen LogP contribution in [0.5, 0.6) is 0 Å². The fourth-order valence-electron chi connectivity index (χ4n) is 0.900. The van der Waals surface area contributed by atoms with Crippen LogP contribution in [0.4, 0.5) is 5.82 Å². The molecule has 6 nitrogen and oxygen atoms in total. The van der Waals surface area contributed by atoms with Gasteiger partial charge in [-0.3, -0.25) is 0 Å². The van der Waals surface area contributed by atoms with Gasteiger partial charge in [0.25, 0.3) is 0 Å². The lowest BCUT2D eigenvalue weighted by Crippen LogP contribution is -2.18. The first-order chi connectivity index (χ1) is 6.97. The summed E-state index contributed by atoms with van der Waals surface area (Å²) in [6.45, 7) is 0.465. The second-order valence-electron chi connectivity index (χ2n) is 2.89. The van der Waals surface area contributed by atoms with Crippen LogP contribution in [0.1, 0.15) is 6.42 Å². The first-order valence-corrected chi connectivity index (χ1v) is 6.30. The second kappa shape index (κ2) is 5.24. The highest BCUT2D eigenvalue weighted by Gasteiger charge is 2.01. The Labute approximate surface area is 92.9 Å². The van der Waals surface area contributed by atoms with E-state index in [2.05, 4.69) is 15.5 Å². The monoisotopic (exact) mass is 250 g/mol. The average molecular weight is 251 g/mol. The Morgan fingerprint density at radius 2 is 2.13 bits per heavy atom. The van der Waals surface area contributed by atoms with E-state index in [0.717, 1.165) is 0 Å². The fraction of sp³-hybridized carbons (Fsp3) is 0.429. The minimum atomic E-state index is -3.38. The summed E-state index contributed by atoms with van der Waals surface area (Å²) in [7, 11) is -3.38. The third-order valence-electron chi connectivity index (χ3n) is 1.54. The molecular weight excluding hydrogens is 240 g/mol. The normalized spacial score (nSPS) is 11.3. The zero-order valence-electron chi connectivity index (χ0n) is 7.85. The van der Waals surface area contributed by atoms with Crippen molar-refractivity contribution in [2.24, 2.45) is 5.14 Å². The molecule has 15 heavy (non-hydrogen) atoms. The summed E-state index contributed by atoms with van der Waals surface area (Å²) >= 11 is 5.54. The van der Waals surface area contributed by atoms with Crippen LogP contribution in [0, 0.1) is 0 Å². The third-order valence-corrected chi connectivity index (χ3v) is 2.60. The zero-order chi connectivity index (χ0) is 11.3. The lowest BCUT2D eigenvalue weighted by atomic mass is 10.4. The number of hydrogen-bond acceptors (Lipinski definition) is 5. The maximum atomic E-state index is 10.6. The van der Waals surface area contributed by atoms with Crippen LogP contribution < -0.4 is 10.5 Å². The van der Waals surface area contributed by atoms with Gasteiger partial charge >= 0.3 is 0 Å². The van der Waals surface area contributed by atoms with E-state index in [1.807, 2.05) is 0 Å². The number of nitrogens with one attached hydrogen (secondary N) is 1. The van der Waals surface area contributed by atoms with Crippen molar-refractivity contribution in [2.75, 3.05) is 17.6 Å². The maximum absolute atomic E-state index is 10.6. The molecule has 0 aliphatic heterocycles. The Kier molecular flexibility index (Phi) is 4.25. The van der Waals surface area contributed by atoms with Crippen LogP contribution in [-0.4, -0.2) is 30.9 Å². The molecule has 3 N–H and O–H groups in total. The topological polar surface area (TPSA) is 98.0 Å². The Morgan fingerprint density at radius 1 is 1.40 bits per heavy atom. The molecule has 0 amide bonds. The number of aromatic nitrogens is 2. The van der Waals surface area contributed by atoms with Gasteiger partial charge in [-0.15, -0.1) is 10.2 Å². The maximum Gasteiger partial charge on any atom is 0.209 e. The van der Waals surface area contributed by atoms with Gasteiger partial charge in [-0.25, -0.2) is 13.6 Å². The van der Waals surface area contributed by atoms with E-state index in [-0.39, 0.29) is 5.75 Å². The molecule has 0 saturated heterocycles. The van der Waals surface area contributed by atoms with E-state index >= 15 is 0 Å². The van der Waals surface area contributed by atoms with E-state index in [1.165, 1.54) is 0 Å². The van der Waals surface area contributed by atoms with Crippen molar-refractivity contribution in [1.29, 1.82) is 0 Å². The van der Waals surface area contributed by atoms with E-state index in [0.29, 0.717) is 23.9 Å². The number of rotatable bonds is 5. The molecule has 1 rings (SSSR count). The largest absolute Gasteiger partial charge is 0.369 e. The van der Waals surface area contributed by atoms with Gasteiger partial charge in [-0.2, -0.15) is 0 Å². The molecule has 8 heteroatoms. The molecule has 1 heterocycles. The average Bonchev–Trinajstić information content (AvgIpc) is 2.14. The number of hydrogen-bond donors (Lipinski definition) is 2. The molecule has 0 atom stereocenters. The lowest BCUT2D eigenvalue weighted by Gasteiger charge is -2.03. The molecule has 0 aromatic carbocycles. The number of anilines is 1. The highest BCUT2D eigenvalue weighted by atomic mass is 35.5. The Balaban J connectivity index is 2.29. The molecule has 0 fully saturated rings. The Morgan fingerprint density at radius 3 is 2.67 bits per heavy atom. The van der Waals surface area contributed by atoms with E-state index in [1.54, 1.807) is 12.1 Å². The minimum absolute atomic E-state index is 0.0545. The summed E-state index contributed by atoms with van der Waals surface area (Å²) < 4.78 is 21.2. The van der Waals surface area contributed by atoms with Crippen LogP contribution in [-0.2, 0) is 10.0 Å². The molecule has 0 unspecified atom stereocenters. The first kappa shape index (κ1) is 12.2. The number of nitrogens with two attached hydrogens (primary N) is 1. The molecule has 0 radical (unpaired) electrons. The van der Waals surface area contributed by atoms with Gasteiger partial charge in [0, 0.05) is 6.54 Å². The first-order valence-electron chi connectivity index (χ1n) is 4.21. The fourth-order valence-corrected chi connectivity index (χ4v) is 1.55. The molecule has 0 aliphatic rings. The predicted molar refractivity (Wildman–Crippen MR) is 58.1 cm³/mol. The van der Waals surface area contributed by atoms with Crippen molar-refractivity contribution in [3.8, 4) is 0 Å². The van der Waals surface area contributed by atoms with Gasteiger partial charge in [0.05, 0.1) is 5.75 Å². The van der Waals surface area contributed by atoms with Crippen molar-refractivity contribution < 1.29 is 8.42 Å². The summed E-state index contributed by atoms with van der Waals surface area (Å²) in [6, 6.07) is 3.25. The van der Waals surface area contributed by atoms with Crippen LogP contribution in [0.3, 0.4) is 0 Å². The molecule has 1 aromatic heterocycles. The van der Waals surface area contributed by atoms with E-state index < -0.39 is 10.0 Å². The van der Waals surface area contributed by atoms with Crippen molar-refractivity contribution in [3.63, 3.8) is 0 Å². The summed E-state index contributed by atoms with van der Waals surface area (Å²) in [5, 5.41) is 15.4. The quantitative estimate of drug-likeness (QED) is 0.729. The van der Waals surface area contributed by atoms with Gasteiger partial charge < -0.3 is 5.32 Å². The standard InChI is InChI=1S/C7H11ClN4O2S/c8-6-2-3-7(12-11-6)10-4-1-5-15(9,13)14/h2-3H,1,4-5H2,(H,10,12)(H2,9,13,14). The van der Waals surface area contributed by atoms with Crippen molar-refractivity contribution in [3.05, 3.63) is 17.3 Å². The van der Waals surface area contributed by atoms with Crippen molar-refractivity contribution >= 4 is 27.4 Å². The number of sulfonamides is 1. The predicted octanol–water partition coefficient (Wildman–Crippen LogP) is 0.220. The van der Waals surface area contributed by atoms with Crippen LogP contribution in [0.2, 0.25) is 5.15 Å². The Bertz CT molecular complexity index is 406. The minimum Gasteiger partial charge on any atom is -0.369 e. The third kappa shape index (κ3) is 5.50. The molecule has 0 aliphatic carbocycles. The summed E-state index contributed by atoms with van der Waals surface area (Å²) in [5.41, 5.74) is 0. The molecule has 1 aromatic rings. The van der Waals surface area contributed by atoms with Gasteiger partial charge in [-0.1, -0.05) is 11.6 Å².